The highest BCUT2D eigenvalue weighted by atomic mass is 16.5. The van der Waals surface area contributed by atoms with Crippen LogP contribution >= 0.6 is 0 Å². The maximum absolute atomic E-state index is 11.8. The number of nitrogens with zero attached hydrogens (tertiary/aromatic N) is 2. The number of benzene rings is 1. The molecule has 1 aliphatic heterocycles. The zero-order valence-electron chi connectivity index (χ0n) is 14.4. The van der Waals surface area contributed by atoms with Gasteiger partial charge in [0.05, 0.1) is 19.6 Å². The van der Waals surface area contributed by atoms with Crippen molar-refractivity contribution >= 4 is 22.8 Å². The van der Waals surface area contributed by atoms with E-state index in [0.717, 1.165) is 23.7 Å². The molecule has 1 aromatic carbocycles. The average molecular weight is 328 g/mol. The minimum absolute atomic E-state index is 0.0957. The van der Waals surface area contributed by atoms with E-state index in [1.165, 1.54) is 12.5 Å². The number of H-pyrrole nitrogens is 1. The number of esters is 1. The second-order valence-corrected chi connectivity index (χ2v) is 6.29. The third-order valence-electron chi connectivity index (χ3n) is 4.65. The van der Waals surface area contributed by atoms with Crippen molar-refractivity contribution in [2.45, 2.75) is 13.5 Å². The molecule has 2 unspecified atom stereocenters. The Labute approximate surface area is 141 Å². The predicted octanol–water partition coefficient (Wildman–Crippen LogP) is 1.98. The normalized spacial score (nSPS) is 21.3. The highest BCUT2D eigenvalue weighted by molar-refractivity contribution is 5.83. The summed E-state index contributed by atoms with van der Waals surface area (Å²) in [7, 11) is 3.21. The van der Waals surface area contributed by atoms with Crippen LogP contribution < -0.4 is 5.32 Å². The monoisotopic (exact) mass is 328 g/mol. The fourth-order valence-corrected chi connectivity index (χ4v) is 3.33. The molecule has 2 heterocycles. The number of aromatic amines is 1. The van der Waals surface area contributed by atoms with Crippen molar-refractivity contribution in [3.05, 3.63) is 36.0 Å². The van der Waals surface area contributed by atoms with Gasteiger partial charge in [0.1, 0.15) is 0 Å². The number of carbonyl (C=O) groups is 1. The molecule has 2 aromatic rings. The Hall–Kier alpha value is -2.50. The van der Waals surface area contributed by atoms with Crippen molar-refractivity contribution in [3.8, 4) is 0 Å². The topological polar surface area (TPSA) is 69.7 Å². The van der Waals surface area contributed by atoms with Gasteiger partial charge in [0, 0.05) is 31.3 Å². The van der Waals surface area contributed by atoms with Crippen LogP contribution in [-0.2, 0) is 16.1 Å². The zero-order valence-corrected chi connectivity index (χ0v) is 14.4. The number of methoxy groups -OCH3 is 1. The number of guanidine groups is 1. The van der Waals surface area contributed by atoms with E-state index in [-0.39, 0.29) is 17.8 Å². The first kappa shape index (κ1) is 16.4. The molecule has 128 valence electrons. The van der Waals surface area contributed by atoms with E-state index < -0.39 is 0 Å². The first-order valence-corrected chi connectivity index (χ1v) is 8.22. The summed E-state index contributed by atoms with van der Waals surface area (Å²) < 4.78 is 4.90. The first-order chi connectivity index (χ1) is 11.6. The number of para-hydroxylation sites is 1. The van der Waals surface area contributed by atoms with Crippen LogP contribution in [0.3, 0.4) is 0 Å². The lowest BCUT2D eigenvalue weighted by molar-refractivity contribution is -0.145. The summed E-state index contributed by atoms with van der Waals surface area (Å²) in [6, 6.07) is 10.3. The van der Waals surface area contributed by atoms with Crippen LogP contribution in [-0.4, -0.2) is 49.1 Å². The highest BCUT2D eigenvalue weighted by Gasteiger charge is 2.36. The van der Waals surface area contributed by atoms with Gasteiger partial charge in [-0.15, -0.1) is 0 Å². The molecule has 2 atom stereocenters. The number of rotatable bonds is 3. The molecule has 0 bridgehead atoms. The summed E-state index contributed by atoms with van der Waals surface area (Å²) >= 11 is 0. The summed E-state index contributed by atoms with van der Waals surface area (Å²) in [5.41, 5.74) is 2.24. The summed E-state index contributed by atoms with van der Waals surface area (Å²) in [5, 5.41) is 4.58. The second kappa shape index (κ2) is 6.95. The predicted molar refractivity (Wildman–Crippen MR) is 94.7 cm³/mol. The summed E-state index contributed by atoms with van der Waals surface area (Å²) in [6.07, 6.45) is 0. The van der Waals surface area contributed by atoms with Crippen LogP contribution in [0.4, 0.5) is 0 Å². The van der Waals surface area contributed by atoms with Crippen molar-refractivity contribution in [2.24, 2.45) is 16.8 Å². The number of hydrogen-bond acceptors (Lipinski definition) is 3. The zero-order chi connectivity index (χ0) is 17.1. The first-order valence-electron chi connectivity index (χ1n) is 8.22. The largest absolute Gasteiger partial charge is 0.469 e. The lowest BCUT2D eigenvalue weighted by Gasteiger charge is -2.21. The molecule has 0 saturated carbocycles. The van der Waals surface area contributed by atoms with E-state index in [1.807, 2.05) is 12.1 Å². The van der Waals surface area contributed by atoms with Crippen LogP contribution in [0.25, 0.3) is 10.9 Å². The Morgan fingerprint density at radius 2 is 2.21 bits per heavy atom. The minimum atomic E-state index is -0.143. The maximum atomic E-state index is 11.8. The van der Waals surface area contributed by atoms with Crippen LogP contribution in [0.2, 0.25) is 0 Å². The van der Waals surface area contributed by atoms with Crippen LogP contribution in [0, 0.1) is 11.8 Å². The molecule has 0 spiro atoms. The number of nitrogens with one attached hydrogen (secondary N) is 2. The molecular weight excluding hydrogens is 304 g/mol. The third kappa shape index (κ3) is 3.22. The van der Waals surface area contributed by atoms with Crippen molar-refractivity contribution in [3.63, 3.8) is 0 Å². The van der Waals surface area contributed by atoms with E-state index in [2.05, 4.69) is 45.3 Å². The van der Waals surface area contributed by atoms with Gasteiger partial charge in [0.15, 0.2) is 5.96 Å². The number of fused-ring (bicyclic) bond motifs is 1. The van der Waals surface area contributed by atoms with E-state index in [1.54, 1.807) is 7.05 Å². The Kier molecular flexibility index (Phi) is 4.74. The van der Waals surface area contributed by atoms with E-state index in [4.69, 9.17) is 4.74 Å². The summed E-state index contributed by atoms with van der Waals surface area (Å²) in [4.78, 5) is 21.7. The number of aliphatic imine (C=N–C) groups is 1. The fourth-order valence-electron chi connectivity index (χ4n) is 3.33. The number of ether oxygens (including phenoxy) is 1. The fraction of sp³-hybridized carbons (Fsp3) is 0.444. The number of likely N-dealkylation sites (tertiary alicyclic amines) is 1. The molecule has 1 aromatic heterocycles. The van der Waals surface area contributed by atoms with Gasteiger partial charge >= 0.3 is 5.97 Å². The van der Waals surface area contributed by atoms with Gasteiger partial charge in [-0.1, -0.05) is 25.1 Å². The molecule has 6 nitrogen and oxygen atoms in total. The number of hydrogen-bond donors (Lipinski definition) is 2. The highest BCUT2D eigenvalue weighted by Crippen LogP contribution is 2.24. The van der Waals surface area contributed by atoms with E-state index in [0.29, 0.717) is 13.1 Å². The third-order valence-corrected chi connectivity index (χ3v) is 4.65. The molecule has 3 rings (SSSR count). The quantitative estimate of drug-likeness (QED) is 0.513. The lowest BCUT2D eigenvalue weighted by Crippen LogP contribution is -2.40. The molecule has 2 N–H and O–H groups in total. The van der Waals surface area contributed by atoms with E-state index >= 15 is 0 Å². The molecule has 24 heavy (non-hydrogen) atoms. The number of aromatic nitrogens is 1. The Bertz CT molecular complexity index is 719. The van der Waals surface area contributed by atoms with E-state index in [9.17, 15) is 4.79 Å². The Morgan fingerprint density at radius 1 is 1.42 bits per heavy atom. The molecular formula is C18H24N4O2. The average Bonchev–Trinajstić information content (AvgIpc) is 3.18. The summed E-state index contributed by atoms with van der Waals surface area (Å²) in [6.45, 7) is 4.17. The van der Waals surface area contributed by atoms with Gasteiger partial charge < -0.3 is 19.9 Å². The Balaban J connectivity index is 1.64. The van der Waals surface area contributed by atoms with Gasteiger partial charge in [0.2, 0.25) is 0 Å². The molecule has 6 heteroatoms. The van der Waals surface area contributed by atoms with Crippen molar-refractivity contribution in [1.29, 1.82) is 0 Å². The lowest BCUT2D eigenvalue weighted by atomic mass is 9.99. The Morgan fingerprint density at radius 3 is 2.92 bits per heavy atom. The molecule has 1 aliphatic rings. The van der Waals surface area contributed by atoms with Gasteiger partial charge in [-0.2, -0.15) is 0 Å². The molecule has 0 amide bonds. The molecule has 1 fully saturated rings. The molecule has 1 saturated heterocycles. The van der Waals surface area contributed by atoms with Crippen LogP contribution in [0.15, 0.2) is 35.3 Å². The molecule has 0 aliphatic carbocycles. The second-order valence-electron chi connectivity index (χ2n) is 6.29. The van der Waals surface area contributed by atoms with Crippen molar-refractivity contribution in [2.75, 3.05) is 27.2 Å². The van der Waals surface area contributed by atoms with Gasteiger partial charge in [0.25, 0.3) is 0 Å². The minimum Gasteiger partial charge on any atom is -0.469 e. The van der Waals surface area contributed by atoms with Crippen LogP contribution in [0.5, 0.6) is 0 Å². The van der Waals surface area contributed by atoms with Gasteiger partial charge in [-0.25, -0.2) is 0 Å². The SMILES string of the molecule is CN=C(NCc1cc2ccccc2[nH]1)N1CC(C)C(C(=O)OC)C1. The van der Waals surface area contributed by atoms with Gasteiger partial charge in [-0.05, 0) is 23.4 Å². The van der Waals surface area contributed by atoms with Gasteiger partial charge in [-0.3, -0.25) is 9.79 Å². The summed E-state index contributed by atoms with van der Waals surface area (Å²) in [5.74, 6) is 0.827. The smallest absolute Gasteiger partial charge is 0.310 e. The van der Waals surface area contributed by atoms with Crippen LogP contribution in [0.1, 0.15) is 12.6 Å². The molecule has 0 radical (unpaired) electrons. The maximum Gasteiger partial charge on any atom is 0.310 e. The number of carbonyl (C=O) groups excluding carboxylic acids is 1. The van der Waals surface area contributed by atoms with Crippen molar-refractivity contribution < 1.29 is 9.53 Å². The standard InChI is InChI=1S/C18H24N4O2/c1-12-10-22(11-15(12)17(23)24-3)18(19-2)20-9-14-8-13-6-4-5-7-16(13)21-14/h4-8,12,15,21H,9-11H2,1-3H3,(H,19,20). The van der Waals surface area contributed by atoms with Crippen molar-refractivity contribution in [1.82, 2.24) is 15.2 Å².